The minimum Gasteiger partial charge on any atom is -0.497 e. The van der Waals surface area contributed by atoms with Gasteiger partial charge in [-0.3, -0.25) is 14.4 Å². The molecule has 0 aliphatic heterocycles. The Labute approximate surface area is 183 Å². The zero-order valence-corrected chi connectivity index (χ0v) is 18.9. The number of anilines is 1. The molecule has 0 fully saturated rings. The van der Waals surface area contributed by atoms with Crippen LogP contribution in [-0.2, 0) is 28.7 Å². The minimum absolute atomic E-state index is 0.0505. The van der Waals surface area contributed by atoms with Gasteiger partial charge >= 0.3 is 11.1 Å². The summed E-state index contributed by atoms with van der Waals surface area (Å²) in [5.74, 6) is -0.0558. The standard InChI is InChI=1S/C21H23N3O7S/c1-23-16-7-6-14(12-17(16)24(2)21(27)20(23)26)32(28,29)10-9-19(25)22-15-11-13(30-3)5-8-18(15)31-4/h5-8,11-12H,9-10H2,1-4H3,(H,22,25). The SMILES string of the molecule is COc1ccc(OC)c(NC(=O)CCS(=O)(=O)c2ccc3c(c2)n(C)c(=O)c(=O)n3C)c1. The maximum Gasteiger partial charge on any atom is 0.316 e. The van der Waals surface area contributed by atoms with E-state index in [1.54, 1.807) is 18.2 Å². The Bertz CT molecular complexity index is 1420. The molecule has 0 aliphatic rings. The van der Waals surface area contributed by atoms with Gasteiger partial charge in [-0.05, 0) is 30.3 Å². The molecule has 1 amide bonds. The molecule has 2 aromatic carbocycles. The molecule has 0 saturated heterocycles. The topological polar surface area (TPSA) is 126 Å². The number of ether oxygens (including phenoxy) is 2. The maximum atomic E-state index is 12.8. The molecule has 1 heterocycles. The lowest BCUT2D eigenvalue weighted by molar-refractivity contribution is -0.115. The van der Waals surface area contributed by atoms with E-state index in [1.165, 1.54) is 51.1 Å². The summed E-state index contributed by atoms with van der Waals surface area (Å²) < 4.78 is 38.3. The van der Waals surface area contributed by atoms with Crippen LogP contribution in [0.1, 0.15) is 6.42 Å². The van der Waals surface area contributed by atoms with Crippen LogP contribution in [0.3, 0.4) is 0 Å². The van der Waals surface area contributed by atoms with E-state index in [0.29, 0.717) is 28.2 Å². The van der Waals surface area contributed by atoms with Crippen LogP contribution in [-0.4, -0.2) is 43.4 Å². The van der Waals surface area contributed by atoms with Crippen LogP contribution in [0.15, 0.2) is 50.9 Å². The second-order valence-electron chi connectivity index (χ2n) is 7.06. The Morgan fingerprint density at radius 1 is 0.938 bits per heavy atom. The average Bonchev–Trinajstić information content (AvgIpc) is 2.79. The van der Waals surface area contributed by atoms with Crippen molar-refractivity contribution in [2.45, 2.75) is 11.3 Å². The van der Waals surface area contributed by atoms with Gasteiger partial charge in [0.15, 0.2) is 9.84 Å². The number of aryl methyl sites for hydroxylation is 2. The molecule has 0 atom stereocenters. The van der Waals surface area contributed by atoms with Crippen LogP contribution in [0.4, 0.5) is 5.69 Å². The zero-order valence-electron chi connectivity index (χ0n) is 18.0. The van der Waals surface area contributed by atoms with Crippen molar-refractivity contribution in [3.63, 3.8) is 0 Å². The first kappa shape index (κ1) is 23.1. The largest absolute Gasteiger partial charge is 0.497 e. The van der Waals surface area contributed by atoms with E-state index < -0.39 is 32.6 Å². The molecule has 32 heavy (non-hydrogen) atoms. The van der Waals surface area contributed by atoms with Crippen molar-refractivity contribution in [3.05, 3.63) is 57.1 Å². The van der Waals surface area contributed by atoms with E-state index in [0.717, 1.165) is 4.57 Å². The summed E-state index contributed by atoms with van der Waals surface area (Å²) in [6, 6.07) is 9.00. The molecule has 0 unspecified atom stereocenters. The van der Waals surface area contributed by atoms with Gasteiger partial charge in [0.2, 0.25) is 5.91 Å². The number of fused-ring (bicyclic) bond motifs is 1. The van der Waals surface area contributed by atoms with Crippen molar-refractivity contribution in [2.24, 2.45) is 14.1 Å². The summed E-state index contributed by atoms with van der Waals surface area (Å²) in [5.41, 5.74) is -0.403. The molecule has 170 valence electrons. The fraction of sp³-hybridized carbons (Fsp3) is 0.286. The predicted octanol–water partition coefficient (Wildman–Crippen LogP) is 1.06. The molecule has 3 aromatic rings. The number of amides is 1. The molecule has 0 bridgehead atoms. The number of hydrogen-bond acceptors (Lipinski definition) is 7. The molecule has 0 aliphatic carbocycles. The van der Waals surface area contributed by atoms with E-state index >= 15 is 0 Å². The minimum atomic E-state index is -3.84. The van der Waals surface area contributed by atoms with Gasteiger partial charge in [-0.15, -0.1) is 0 Å². The van der Waals surface area contributed by atoms with Gasteiger partial charge in [0.1, 0.15) is 11.5 Å². The zero-order chi connectivity index (χ0) is 23.6. The lowest BCUT2D eigenvalue weighted by Crippen LogP contribution is -2.39. The number of carbonyl (C=O) groups is 1. The van der Waals surface area contributed by atoms with Crippen molar-refractivity contribution in [3.8, 4) is 11.5 Å². The van der Waals surface area contributed by atoms with Crippen molar-refractivity contribution < 1.29 is 22.7 Å². The number of nitrogens with zero attached hydrogens (tertiary/aromatic N) is 2. The van der Waals surface area contributed by atoms with E-state index in [1.807, 2.05) is 0 Å². The van der Waals surface area contributed by atoms with E-state index in [9.17, 15) is 22.8 Å². The Morgan fingerprint density at radius 3 is 2.22 bits per heavy atom. The molecule has 3 rings (SSSR count). The summed E-state index contributed by atoms with van der Waals surface area (Å²) in [5, 5.41) is 2.63. The molecule has 0 spiro atoms. The molecule has 11 heteroatoms. The van der Waals surface area contributed by atoms with Crippen LogP contribution in [0.5, 0.6) is 11.5 Å². The third kappa shape index (κ3) is 4.37. The number of aromatic nitrogens is 2. The molecule has 0 saturated carbocycles. The van der Waals surface area contributed by atoms with Gasteiger partial charge in [0, 0.05) is 26.6 Å². The number of benzene rings is 2. The fourth-order valence-electron chi connectivity index (χ4n) is 3.22. The number of hydrogen-bond donors (Lipinski definition) is 1. The van der Waals surface area contributed by atoms with Gasteiger partial charge in [-0.1, -0.05) is 0 Å². The van der Waals surface area contributed by atoms with E-state index in [-0.39, 0.29) is 11.3 Å². The van der Waals surface area contributed by atoms with E-state index in [2.05, 4.69) is 5.32 Å². The van der Waals surface area contributed by atoms with Crippen molar-refractivity contribution in [1.29, 1.82) is 0 Å². The monoisotopic (exact) mass is 461 g/mol. The summed E-state index contributed by atoms with van der Waals surface area (Å²) in [4.78, 5) is 36.4. The van der Waals surface area contributed by atoms with Crippen molar-refractivity contribution >= 4 is 32.5 Å². The molecular weight excluding hydrogens is 438 g/mol. The molecule has 1 aromatic heterocycles. The molecule has 0 radical (unpaired) electrons. The van der Waals surface area contributed by atoms with Crippen LogP contribution in [0.2, 0.25) is 0 Å². The number of methoxy groups -OCH3 is 2. The first-order valence-electron chi connectivity index (χ1n) is 9.53. The Hall–Kier alpha value is -3.60. The van der Waals surface area contributed by atoms with Crippen LogP contribution in [0.25, 0.3) is 11.0 Å². The smallest absolute Gasteiger partial charge is 0.316 e. The summed E-state index contributed by atoms with van der Waals surface area (Å²) in [6.45, 7) is 0. The maximum absolute atomic E-state index is 12.8. The highest BCUT2D eigenvalue weighted by molar-refractivity contribution is 7.91. The van der Waals surface area contributed by atoms with Gasteiger partial charge < -0.3 is 23.9 Å². The summed E-state index contributed by atoms with van der Waals surface area (Å²) in [7, 11) is 1.93. The Morgan fingerprint density at radius 2 is 1.59 bits per heavy atom. The summed E-state index contributed by atoms with van der Waals surface area (Å²) in [6.07, 6.45) is -0.299. The fourth-order valence-corrected chi connectivity index (χ4v) is 4.48. The molecular formula is C21H23N3O7S. The van der Waals surface area contributed by atoms with Gasteiger partial charge in [-0.2, -0.15) is 0 Å². The molecule has 10 nitrogen and oxygen atoms in total. The predicted molar refractivity (Wildman–Crippen MR) is 119 cm³/mol. The highest BCUT2D eigenvalue weighted by Gasteiger charge is 2.19. The highest BCUT2D eigenvalue weighted by atomic mass is 32.2. The van der Waals surface area contributed by atoms with Gasteiger partial charge in [0.05, 0.1) is 41.6 Å². The van der Waals surface area contributed by atoms with Crippen molar-refractivity contribution in [2.75, 3.05) is 25.3 Å². The van der Waals surface area contributed by atoms with Crippen LogP contribution in [0, 0.1) is 0 Å². The lowest BCUT2D eigenvalue weighted by atomic mass is 10.2. The number of rotatable bonds is 7. The lowest BCUT2D eigenvalue weighted by Gasteiger charge is -2.12. The first-order chi connectivity index (χ1) is 15.1. The van der Waals surface area contributed by atoms with Crippen LogP contribution >= 0.6 is 0 Å². The van der Waals surface area contributed by atoms with Crippen molar-refractivity contribution in [1.82, 2.24) is 9.13 Å². The van der Waals surface area contributed by atoms with Gasteiger partial charge in [0.25, 0.3) is 0 Å². The molecule has 1 N–H and O–H groups in total. The quantitative estimate of drug-likeness (QED) is 0.522. The second kappa shape index (κ2) is 8.87. The first-order valence-corrected chi connectivity index (χ1v) is 11.2. The number of carbonyl (C=O) groups excluding carboxylic acids is 1. The normalized spacial score (nSPS) is 11.4. The summed E-state index contributed by atoms with van der Waals surface area (Å²) >= 11 is 0. The number of sulfone groups is 1. The Kier molecular flexibility index (Phi) is 6.40. The third-order valence-electron chi connectivity index (χ3n) is 5.10. The highest BCUT2D eigenvalue weighted by Crippen LogP contribution is 2.29. The van der Waals surface area contributed by atoms with E-state index in [4.69, 9.17) is 9.47 Å². The van der Waals surface area contributed by atoms with Gasteiger partial charge in [-0.25, -0.2) is 8.42 Å². The Balaban J connectivity index is 1.83. The number of nitrogens with one attached hydrogen (secondary N) is 1. The second-order valence-corrected chi connectivity index (χ2v) is 9.17. The third-order valence-corrected chi connectivity index (χ3v) is 6.81. The average molecular weight is 461 g/mol. The van der Waals surface area contributed by atoms with Crippen LogP contribution < -0.4 is 25.9 Å².